The molecule has 0 radical (unpaired) electrons. The van der Waals surface area contributed by atoms with Crippen LogP contribution in [-0.2, 0) is 20.7 Å². The highest BCUT2D eigenvalue weighted by Crippen LogP contribution is 2.48. The lowest BCUT2D eigenvalue weighted by Gasteiger charge is -2.09. The predicted molar refractivity (Wildman–Crippen MR) is 94.6 cm³/mol. The minimum atomic E-state index is -0.239. The second-order valence-electron chi connectivity index (χ2n) is 7.60. The Kier molecular flexibility index (Phi) is 4.53. The van der Waals surface area contributed by atoms with E-state index in [1.165, 1.54) is 5.56 Å². The van der Waals surface area contributed by atoms with E-state index in [4.69, 9.17) is 14.0 Å². The molecule has 1 saturated carbocycles. The molecule has 138 valence electrons. The van der Waals surface area contributed by atoms with E-state index in [1.54, 1.807) is 0 Å². The Morgan fingerprint density at radius 1 is 1.31 bits per heavy atom. The molecule has 2 aromatic rings. The van der Waals surface area contributed by atoms with Crippen LogP contribution in [0.15, 0.2) is 28.8 Å². The van der Waals surface area contributed by atoms with Gasteiger partial charge in [-0.2, -0.15) is 4.98 Å². The van der Waals surface area contributed by atoms with Gasteiger partial charge in [0.15, 0.2) is 0 Å². The molecule has 1 aliphatic heterocycles. The van der Waals surface area contributed by atoms with E-state index in [9.17, 15) is 4.79 Å². The quantitative estimate of drug-likeness (QED) is 0.736. The molecule has 2 heterocycles. The zero-order valence-corrected chi connectivity index (χ0v) is 15.2. The first kappa shape index (κ1) is 17.2. The van der Waals surface area contributed by atoms with Crippen molar-refractivity contribution in [2.45, 2.75) is 63.6 Å². The van der Waals surface area contributed by atoms with Gasteiger partial charge in [0.1, 0.15) is 6.10 Å². The summed E-state index contributed by atoms with van der Waals surface area (Å²) in [4.78, 5) is 16.4. The molecule has 0 amide bonds. The molecule has 1 aromatic heterocycles. The summed E-state index contributed by atoms with van der Waals surface area (Å²) in [5, 5.41) is 4.01. The van der Waals surface area contributed by atoms with Gasteiger partial charge in [-0.3, -0.25) is 4.79 Å². The van der Waals surface area contributed by atoms with E-state index in [2.05, 4.69) is 36.1 Å². The van der Waals surface area contributed by atoms with Crippen LogP contribution in [0.25, 0.3) is 11.4 Å². The van der Waals surface area contributed by atoms with E-state index in [1.807, 2.05) is 12.1 Å². The van der Waals surface area contributed by atoms with Crippen LogP contribution in [0, 0.1) is 0 Å². The Morgan fingerprint density at radius 2 is 2.08 bits per heavy atom. The fraction of sp³-hybridized carbons (Fsp3) is 0.550. The maximum Gasteiger partial charge on any atom is 0.306 e. The van der Waals surface area contributed by atoms with Crippen molar-refractivity contribution in [3.8, 4) is 11.4 Å². The van der Waals surface area contributed by atoms with Crippen molar-refractivity contribution in [3.05, 3.63) is 35.7 Å². The Bertz CT molecular complexity index is 777. The average molecular weight is 356 g/mol. The summed E-state index contributed by atoms with van der Waals surface area (Å²) < 4.78 is 16.4. The van der Waals surface area contributed by atoms with Gasteiger partial charge in [0.25, 0.3) is 0 Å². The number of aromatic nitrogens is 2. The summed E-state index contributed by atoms with van der Waals surface area (Å²) in [6.45, 7) is 4.83. The zero-order valence-electron chi connectivity index (χ0n) is 15.2. The van der Waals surface area contributed by atoms with Crippen LogP contribution in [0.3, 0.4) is 0 Å². The van der Waals surface area contributed by atoms with Crippen molar-refractivity contribution in [2.75, 3.05) is 6.61 Å². The lowest BCUT2D eigenvalue weighted by molar-refractivity contribution is -0.149. The van der Waals surface area contributed by atoms with Crippen molar-refractivity contribution in [2.24, 2.45) is 0 Å². The third-order valence-electron chi connectivity index (χ3n) is 5.13. The smallest absolute Gasteiger partial charge is 0.306 e. The number of hydrogen-bond acceptors (Lipinski definition) is 6. The Labute approximate surface area is 152 Å². The SMILES string of the molecule is CC(C)c1ccc(-c2noc(CCC(=O)OC3COC4(CC4)C3)n2)cc1. The second-order valence-corrected chi connectivity index (χ2v) is 7.60. The first-order valence-electron chi connectivity index (χ1n) is 9.29. The molecule has 1 aromatic carbocycles. The van der Waals surface area contributed by atoms with Crippen LogP contribution in [-0.4, -0.2) is 34.4 Å². The molecule has 1 saturated heterocycles. The summed E-state index contributed by atoms with van der Waals surface area (Å²) >= 11 is 0. The lowest BCUT2D eigenvalue weighted by atomic mass is 10.0. The molecule has 2 fully saturated rings. The summed E-state index contributed by atoms with van der Waals surface area (Å²) in [5.41, 5.74) is 2.20. The average Bonchev–Trinajstić information content (AvgIpc) is 3.05. The van der Waals surface area contributed by atoms with Crippen LogP contribution in [0.1, 0.15) is 56.9 Å². The third-order valence-corrected chi connectivity index (χ3v) is 5.13. The largest absolute Gasteiger partial charge is 0.460 e. The van der Waals surface area contributed by atoms with Crippen LogP contribution >= 0.6 is 0 Å². The maximum atomic E-state index is 12.0. The van der Waals surface area contributed by atoms with E-state index in [-0.39, 0.29) is 24.1 Å². The highest BCUT2D eigenvalue weighted by atomic mass is 16.6. The number of rotatable bonds is 6. The number of benzene rings is 1. The molecule has 6 nitrogen and oxygen atoms in total. The molecule has 1 atom stereocenters. The molecule has 1 aliphatic carbocycles. The maximum absolute atomic E-state index is 12.0. The molecular formula is C20H24N2O4. The van der Waals surface area contributed by atoms with Gasteiger partial charge in [0, 0.05) is 18.4 Å². The van der Waals surface area contributed by atoms with Gasteiger partial charge >= 0.3 is 5.97 Å². The number of ether oxygens (including phenoxy) is 2. The van der Waals surface area contributed by atoms with Gasteiger partial charge < -0.3 is 14.0 Å². The molecule has 2 aliphatic rings. The highest BCUT2D eigenvalue weighted by Gasteiger charge is 2.51. The lowest BCUT2D eigenvalue weighted by Crippen LogP contribution is -2.19. The number of carbonyl (C=O) groups excluding carboxylic acids is 1. The number of nitrogens with zero attached hydrogens (tertiary/aromatic N) is 2. The topological polar surface area (TPSA) is 74.5 Å². The Morgan fingerprint density at radius 3 is 2.73 bits per heavy atom. The summed E-state index contributed by atoms with van der Waals surface area (Å²) in [7, 11) is 0. The molecule has 26 heavy (non-hydrogen) atoms. The Hall–Kier alpha value is -2.21. The molecule has 1 unspecified atom stereocenters. The molecule has 0 N–H and O–H groups in total. The van der Waals surface area contributed by atoms with Crippen LogP contribution in [0.2, 0.25) is 0 Å². The van der Waals surface area contributed by atoms with Gasteiger partial charge in [0.05, 0.1) is 18.6 Å². The fourth-order valence-electron chi connectivity index (χ4n) is 3.31. The summed E-state index contributed by atoms with van der Waals surface area (Å²) in [6, 6.07) is 8.13. The summed E-state index contributed by atoms with van der Waals surface area (Å²) in [5.74, 6) is 1.24. The van der Waals surface area contributed by atoms with Crippen LogP contribution in [0.4, 0.5) is 0 Å². The normalized spacial score (nSPS) is 20.7. The van der Waals surface area contributed by atoms with Gasteiger partial charge in [-0.15, -0.1) is 0 Å². The van der Waals surface area contributed by atoms with E-state index < -0.39 is 0 Å². The van der Waals surface area contributed by atoms with Crippen molar-refractivity contribution in [1.29, 1.82) is 0 Å². The van der Waals surface area contributed by atoms with Crippen molar-refractivity contribution >= 4 is 5.97 Å². The van der Waals surface area contributed by atoms with E-state index in [0.717, 1.165) is 24.8 Å². The predicted octanol–water partition coefficient (Wildman–Crippen LogP) is 3.66. The fourth-order valence-corrected chi connectivity index (χ4v) is 3.31. The van der Waals surface area contributed by atoms with E-state index >= 15 is 0 Å². The highest BCUT2D eigenvalue weighted by molar-refractivity contribution is 5.69. The van der Waals surface area contributed by atoms with Gasteiger partial charge in [0.2, 0.25) is 11.7 Å². The molecule has 4 rings (SSSR count). The van der Waals surface area contributed by atoms with Gasteiger partial charge in [-0.05, 0) is 24.3 Å². The van der Waals surface area contributed by atoms with Gasteiger partial charge in [-0.25, -0.2) is 0 Å². The van der Waals surface area contributed by atoms with Crippen molar-refractivity contribution in [1.82, 2.24) is 10.1 Å². The molecule has 1 spiro atoms. The van der Waals surface area contributed by atoms with Crippen LogP contribution < -0.4 is 0 Å². The number of aryl methyl sites for hydroxylation is 1. The minimum Gasteiger partial charge on any atom is -0.460 e. The molecule has 0 bridgehead atoms. The Balaban J connectivity index is 1.28. The zero-order chi connectivity index (χ0) is 18.1. The number of esters is 1. The summed E-state index contributed by atoms with van der Waals surface area (Å²) in [6.07, 6.45) is 3.51. The van der Waals surface area contributed by atoms with Crippen molar-refractivity contribution in [3.63, 3.8) is 0 Å². The first-order chi connectivity index (χ1) is 12.5. The van der Waals surface area contributed by atoms with E-state index in [0.29, 0.717) is 30.7 Å². The minimum absolute atomic E-state index is 0.0253. The first-order valence-corrected chi connectivity index (χ1v) is 9.29. The standard InChI is InChI=1S/C20H24N2O4/c1-13(2)14-3-5-15(6-4-14)19-21-17(26-22-19)7-8-18(23)25-16-11-20(9-10-20)24-12-16/h3-6,13,16H,7-12H2,1-2H3. The van der Waals surface area contributed by atoms with Crippen LogP contribution in [0.5, 0.6) is 0 Å². The molecule has 6 heteroatoms. The second kappa shape index (κ2) is 6.83. The number of carbonyl (C=O) groups is 1. The number of hydrogen-bond donors (Lipinski definition) is 0. The third kappa shape index (κ3) is 3.80. The molecular weight excluding hydrogens is 332 g/mol. The van der Waals surface area contributed by atoms with Gasteiger partial charge in [-0.1, -0.05) is 43.3 Å². The monoisotopic (exact) mass is 356 g/mol. The van der Waals surface area contributed by atoms with Crippen molar-refractivity contribution < 1.29 is 18.8 Å².